The first-order valence-corrected chi connectivity index (χ1v) is 5.84. The Morgan fingerprint density at radius 1 is 1.39 bits per heavy atom. The molecule has 18 heavy (non-hydrogen) atoms. The smallest absolute Gasteiger partial charge is 0.231 e. The number of rotatable bonds is 1. The van der Waals surface area contributed by atoms with Crippen molar-refractivity contribution in [1.82, 2.24) is 9.55 Å². The Kier molecular flexibility index (Phi) is 2.38. The summed E-state index contributed by atoms with van der Waals surface area (Å²) in [5, 5.41) is 0.503. The van der Waals surface area contributed by atoms with E-state index in [0.29, 0.717) is 28.0 Å². The number of fused-ring (bicyclic) bond motifs is 1. The number of benzene rings is 1. The van der Waals surface area contributed by atoms with E-state index in [0.717, 1.165) is 11.4 Å². The number of imidazole rings is 1. The maximum absolute atomic E-state index is 6.14. The van der Waals surface area contributed by atoms with Crippen molar-refractivity contribution in [2.45, 2.75) is 6.92 Å². The summed E-state index contributed by atoms with van der Waals surface area (Å²) in [6, 6.07) is 3.62. The van der Waals surface area contributed by atoms with Gasteiger partial charge in [-0.2, -0.15) is 0 Å². The van der Waals surface area contributed by atoms with E-state index in [2.05, 4.69) is 4.98 Å². The molecule has 2 N–H and O–H groups in total. The van der Waals surface area contributed by atoms with Crippen molar-refractivity contribution in [2.75, 3.05) is 12.5 Å². The molecule has 3 rings (SSSR count). The molecule has 2 heterocycles. The third-order valence-electron chi connectivity index (χ3n) is 3.06. The average molecular weight is 266 g/mol. The molecular formula is C12H12ClN3O2. The minimum Gasteiger partial charge on any atom is -0.454 e. The Labute approximate surface area is 109 Å². The molecule has 94 valence electrons. The van der Waals surface area contributed by atoms with E-state index >= 15 is 0 Å². The summed E-state index contributed by atoms with van der Waals surface area (Å²) in [5.41, 5.74) is 7.54. The first-order valence-electron chi connectivity index (χ1n) is 5.46. The number of aryl methyl sites for hydroxylation is 1. The molecule has 0 atom stereocenters. The van der Waals surface area contributed by atoms with Crippen LogP contribution in [0.3, 0.4) is 0 Å². The van der Waals surface area contributed by atoms with Gasteiger partial charge < -0.3 is 19.8 Å². The van der Waals surface area contributed by atoms with Crippen LogP contribution in [0.4, 0.5) is 5.82 Å². The second-order valence-corrected chi connectivity index (χ2v) is 4.55. The molecule has 5 nitrogen and oxygen atoms in total. The zero-order valence-electron chi connectivity index (χ0n) is 10.0. The lowest BCUT2D eigenvalue weighted by atomic mass is 10.1. The maximum atomic E-state index is 6.14. The number of hydrogen-bond donors (Lipinski definition) is 1. The molecule has 0 saturated carbocycles. The lowest BCUT2D eigenvalue weighted by Crippen LogP contribution is -1.98. The van der Waals surface area contributed by atoms with Crippen molar-refractivity contribution in [3.8, 4) is 22.8 Å². The average Bonchev–Trinajstić information content (AvgIpc) is 2.90. The Balaban J connectivity index is 2.18. The predicted octanol–water partition coefficient (Wildman–Crippen LogP) is 2.36. The highest BCUT2D eigenvalue weighted by Gasteiger charge is 2.21. The molecule has 1 aromatic carbocycles. The zero-order chi connectivity index (χ0) is 12.9. The van der Waals surface area contributed by atoms with Crippen molar-refractivity contribution in [1.29, 1.82) is 0 Å². The van der Waals surface area contributed by atoms with Crippen LogP contribution in [0.1, 0.15) is 5.82 Å². The number of aromatic nitrogens is 2. The molecule has 0 fully saturated rings. The van der Waals surface area contributed by atoms with Gasteiger partial charge in [-0.15, -0.1) is 0 Å². The summed E-state index contributed by atoms with van der Waals surface area (Å²) < 4.78 is 12.4. The molecule has 0 amide bonds. The fourth-order valence-electron chi connectivity index (χ4n) is 1.94. The maximum Gasteiger partial charge on any atom is 0.231 e. The third-order valence-corrected chi connectivity index (χ3v) is 3.34. The van der Waals surface area contributed by atoms with Crippen LogP contribution in [0.25, 0.3) is 11.3 Å². The van der Waals surface area contributed by atoms with Crippen LogP contribution >= 0.6 is 11.6 Å². The highest BCUT2D eigenvalue weighted by atomic mass is 35.5. The van der Waals surface area contributed by atoms with Crippen molar-refractivity contribution in [2.24, 2.45) is 7.05 Å². The molecule has 0 aliphatic carbocycles. The minimum atomic E-state index is 0.190. The number of halogens is 1. The highest BCUT2D eigenvalue weighted by molar-refractivity contribution is 6.32. The summed E-state index contributed by atoms with van der Waals surface area (Å²) in [6.07, 6.45) is 0. The lowest BCUT2D eigenvalue weighted by molar-refractivity contribution is 0.174. The van der Waals surface area contributed by atoms with Gasteiger partial charge in [-0.1, -0.05) is 11.6 Å². The van der Waals surface area contributed by atoms with Crippen LogP contribution in [0.5, 0.6) is 11.5 Å². The number of nitrogen functional groups attached to an aromatic ring is 1. The number of ether oxygens (including phenoxy) is 2. The van der Waals surface area contributed by atoms with Crippen molar-refractivity contribution >= 4 is 17.4 Å². The van der Waals surface area contributed by atoms with Crippen molar-refractivity contribution in [3.05, 3.63) is 23.0 Å². The van der Waals surface area contributed by atoms with E-state index in [9.17, 15) is 0 Å². The zero-order valence-corrected chi connectivity index (χ0v) is 10.8. The summed E-state index contributed by atoms with van der Waals surface area (Å²) in [7, 11) is 1.87. The van der Waals surface area contributed by atoms with E-state index in [1.165, 1.54) is 0 Å². The molecule has 2 aromatic rings. The molecule has 1 aliphatic rings. The highest BCUT2D eigenvalue weighted by Crippen LogP contribution is 2.42. The number of nitrogens with zero attached hydrogens (tertiary/aromatic N) is 2. The predicted molar refractivity (Wildman–Crippen MR) is 68.9 cm³/mol. The summed E-state index contributed by atoms with van der Waals surface area (Å²) >= 11 is 6.14. The topological polar surface area (TPSA) is 62.3 Å². The lowest BCUT2D eigenvalue weighted by Gasteiger charge is -2.04. The van der Waals surface area contributed by atoms with Gasteiger partial charge in [0.25, 0.3) is 0 Å². The van der Waals surface area contributed by atoms with Gasteiger partial charge in [0.05, 0.1) is 5.02 Å². The van der Waals surface area contributed by atoms with Crippen molar-refractivity contribution < 1.29 is 9.47 Å². The fraction of sp³-hybridized carbons (Fsp3) is 0.250. The van der Waals surface area contributed by atoms with Crippen LogP contribution in [0, 0.1) is 6.92 Å². The first kappa shape index (κ1) is 11.2. The number of hydrogen-bond acceptors (Lipinski definition) is 4. The molecule has 0 saturated heterocycles. The van der Waals surface area contributed by atoms with Crippen LogP contribution in [0.15, 0.2) is 12.1 Å². The van der Waals surface area contributed by atoms with Crippen LogP contribution in [-0.2, 0) is 7.05 Å². The number of anilines is 1. The standard InChI is InChI=1S/C12H12ClN3O2/c1-6-15-10(12(14)16(6)2)7-3-8(13)11-9(4-7)17-5-18-11/h3-4H,5,14H2,1-2H3. The van der Waals surface area contributed by atoms with E-state index in [1.807, 2.05) is 24.6 Å². The second kappa shape index (κ2) is 3.81. The number of nitrogens with two attached hydrogens (primary N) is 1. The van der Waals surface area contributed by atoms with E-state index in [-0.39, 0.29) is 6.79 Å². The first-order chi connectivity index (χ1) is 8.58. The van der Waals surface area contributed by atoms with E-state index < -0.39 is 0 Å². The molecule has 0 spiro atoms. The summed E-state index contributed by atoms with van der Waals surface area (Å²) in [6.45, 7) is 2.09. The van der Waals surface area contributed by atoms with E-state index in [1.54, 1.807) is 6.07 Å². The van der Waals surface area contributed by atoms with Gasteiger partial charge in [0, 0.05) is 12.6 Å². The largest absolute Gasteiger partial charge is 0.454 e. The molecule has 0 bridgehead atoms. The Morgan fingerprint density at radius 2 is 2.17 bits per heavy atom. The molecule has 6 heteroatoms. The molecule has 1 aromatic heterocycles. The van der Waals surface area contributed by atoms with Gasteiger partial charge in [0.2, 0.25) is 6.79 Å². The molecule has 0 unspecified atom stereocenters. The van der Waals surface area contributed by atoms with Gasteiger partial charge in [0.15, 0.2) is 11.5 Å². The minimum absolute atomic E-state index is 0.190. The van der Waals surface area contributed by atoms with E-state index in [4.69, 9.17) is 26.8 Å². The van der Waals surface area contributed by atoms with Gasteiger partial charge >= 0.3 is 0 Å². The third kappa shape index (κ3) is 1.51. The van der Waals surface area contributed by atoms with Crippen molar-refractivity contribution in [3.63, 3.8) is 0 Å². The van der Waals surface area contributed by atoms with Gasteiger partial charge in [-0.3, -0.25) is 0 Å². The van der Waals surface area contributed by atoms with Gasteiger partial charge in [-0.05, 0) is 19.1 Å². The summed E-state index contributed by atoms with van der Waals surface area (Å²) in [4.78, 5) is 4.43. The quantitative estimate of drug-likeness (QED) is 0.860. The Bertz CT molecular complexity index is 637. The van der Waals surface area contributed by atoms with Crippen LogP contribution < -0.4 is 15.2 Å². The Hall–Kier alpha value is -1.88. The monoisotopic (exact) mass is 265 g/mol. The SMILES string of the molecule is Cc1nc(-c2cc(Cl)c3c(c2)OCO3)c(N)n1C. The molecule has 1 aliphatic heterocycles. The van der Waals surface area contributed by atoms with Gasteiger partial charge in [0.1, 0.15) is 17.3 Å². The molecular weight excluding hydrogens is 254 g/mol. The molecule has 0 radical (unpaired) electrons. The fourth-order valence-corrected chi connectivity index (χ4v) is 2.21. The van der Waals surface area contributed by atoms with Crippen LogP contribution in [-0.4, -0.2) is 16.3 Å². The normalized spacial score (nSPS) is 13.1. The van der Waals surface area contributed by atoms with Gasteiger partial charge in [-0.25, -0.2) is 4.98 Å². The Morgan fingerprint density at radius 3 is 2.83 bits per heavy atom. The second-order valence-electron chi connectivity index (χ2n) is 4.14. The van der Waals surface area contributed by atoms with Crippen LogP contribution in [0.2, 0.25) is 5.02 Å². The summed E-state index contributed by atoms with van der Waals surface area (Å²) in [5.74, 6) is 2.64.